The van der Waals surface area contributed by atoms with Gasteiger partial charge in [-0.2, -0.15) is 13.2 Å². The number of nitrogens with zero attached hydrogens (tertiary/aromatic N) is 1. The maximum Gasteiger partial charge on any atom is 0.401 e. The Hall–Kier alpha value is -0.290. The Labute approximate surface area is 120 Å². The predicted molar refractivity (Wildman–Crippen MR) is 74.6 cm³/mol. The summed E-state index contributed by atoms with van der Waals surface area (Å²) in [5, 5.41) is 3.58. The van der Waals surface area contributed by atoms with E-state index in [2.05, 4.69) is 12.2 Å². The van der Waals surface area contributed by atoms with Crippen LogP contribution < -0.4 is 5.32 Å². The van der Waals surface area contributed by atoms with Crippen LogP contribution in [-0.4, -0.2) is 43.3 Å². The van der Waals surface area contributed by atoms with Crippen LogP contribution >= 0.6 is 0 Å². The van der Waals surface area contributed by atoms with Crippen molar-refractivity contribution in [2.75, 3.05) is 26.2 Å². The summed E-state index contributed by atoms with van der Waals surface area (Å²) in [5.74, 6) is 1.28. The van der Waals surface area contributed by atoms with E-state index in [4.69, 9.17) is 0 Å². The van der Waals surface area contributed by atoms with E-state index < -0.39 is 12.7 Å². The molecule has 2 aliphatic rings. The van der Waals surface area contributed by atoms with Crippen LogP contribution in [0.4, 0.5) is 13.2 Å². The molecule has 2 fully saturated rings. The zero-order valence-electron chi connectivity index (χ0n) is 12.4. The molecule has 0 spiro atoms. The molecule has 0 radical (unpaired) electrons. The zero-order valence-corrected chi connectivity index (χ0v) is 12.4. The van der Waals surface area contributed by atoms with Crippen molar-refractivity contribution < 1.29 is 13.2 Å². The number of hydrogen-bond donors (Lipinski definition) is 1. The van der Waals surface area contributed by atoms with Gasteiger partial charge in [0.15, 0.2) is 0 Å². The van der Waals surface area contributed by atoms with E-state index in [-0.39, 0.29) is 0 Å². The normalized spacial score (nSPS) is 32.7. The number of hydrogen-bond acceptors (Lipinski definition) is 2. The summed E-state index contributed by atoms with van der Waals surface area (Å²) in [7, 11) is 0. The van der Waals surface area contributed by atoms with Gasteiger partial charge in [-0.3, -0.25) is 4.90 Å². The first-order valence-corrected chi connectivity index (χ1v) is 7.98. The Kier molecular flexibility index (Phi) is 5.73. The van der Waals surface area contributed by atoms with E-state index in [0.29, 0.717) is 25.0 Å². The fraction of sp³-hybridized carbons (Fsp3) is 1.00. The van der Waals surface area contributed by atoms with E-state index >= 15 is 0 Å². The SMILES string of the molecule is CCC1CCC(NCC2CCN(CC(F)(F)F)C2)CC1. The fourth-order valence-electron chi connectivity index (χ4n) is 3.58. The van der Waals surface area contributed by atoms with Crippen molar-refractivity contribution >= 4 is 0 Å². The van der Waals surface area contributed by atoms with Crippen LogP contribution in [0.3, 0.4) is 0 Å². The maximum atomic E-state index is 12.3. The predicted octanol–water partition coefficient (Wildman–Crippen LogP) is 3.43. The quantitative estimate of drug-likeness (QED) is 0.835. The van der Waals surface area contributed by atoms with Gasteiger partial charge in [0, 0.05) is 12.6 Å². The summed E-state index contributed by atoms with van der Waals surface area (Å²) < 4.78 is 37.0. The Morgan fingerprint density at radius 2 is 1.75 bits per heavy atom. The van der Waals surface area contributed by atoms with E-state index in [9.17, 15) is 13.2 Å². The first-order chi connectivity index (χ1) is 9.46. The van der Waals surface area contributed by atoms with Crippen LogP contribution in [0.5, 0.6) is 0 Å². The van der Waals surface area contributed by atoms with E-state index in [0.717, 1.165) is 18.9 Å². The number of rotatable bonds is 5. The molecule has 1 aliphatic heterocycles. The Bertz CT molecular complexity index is 285. The second-order valence-electron chi connectivity index (χ2n) is 6.54. The standard InChI is InChI=1S/C15H27F3N2/c1-2-12-3-5-14(6-4-12)19-9-13-7-8-20(10-13)11-15(16,17)18/h12-14,19H,2-11H2,1H3. The molecule has 0 aromatic carbocycles. The van der Waals surface area contributed by atoms with Gasteiger partial charge in [-0.15, -0.1) is 0 Å². The summed E-state index contributed by atoms with van der Waals surface area (Å²) in [6.45, 7) is 3.58. The lowest BCUT2D eigenvalue weighted by molar-refractivity contribution is -0.143. The molecular formula is C15H27F3N2. The molecule has 0 aromatic heterocycles. The van der Waals surface area contributed by atoms with Gasteiger partial charge in [0.25, 0.3) is 0 Å². The number of alkyl halides is 3. The second kappa shape index (κ2) is 7.12. The fourth-order valence-corrected chi connectivity index (χ4v) is 3.58. The molecule has 1 aliphatic carbocycles. The van der Waals surface area contributed by atoms with Crippen LogP contribution in [0.1, 0.15) is 45.4 Å². The highest BCUT2D eigenvalue weighted by molar-refractivity contribution is 4.82. The molecule has 5 heteroatoms. The molecule has 1 atom stereocenters. The van der Waals surface area contributed by atoms with Gasteiger partial charge in [0.05, 0.1) is 6.54 Å². The Morgan fingerprint density at radius 1 is 1.05 bits per heavy atom. The lowest BCUT2D eigenvalue weighted by Crippen LogP contribution is -2.38. The van der Waals surface area contributed by atoms with Gasteiger partial charge in [0.2, 0.25) is 0 Å². The molecule has 2 rings (SSSR count). The molecule has 20 heavy (non-hydrogen) atoms. The summed E-state index contributed by atoms with van der Waals surface area (Å²) in [4.78, 5) is 1.54. The van der Waals surface area contributed by atoms with Gasteiger partial charge in [0.1, 0.15) is 0 Å². The lowest BCUT2D eigenvalue weighted by Gasteiger charge is -2.29. The highest BCUT2D eigenvalue weighted by atomic mass is 19.4. The smallest absolute Gasteiger partial charge is 0.314 e. The minimum absolute atomic E-state index is 0.390. The number of halogens is 3. The molecule has 118 valence electrons. The van der Waals surface area contributed by atoms with E-state index in [1.807, 2.05) is 0 Å². The molecule has 0 aromatic rings. The highest BCUT2D eigenvalue weighted by Gasteiger charge is 2.34. The molecule has 0 amide bonds. The van der Waals surface area contributed by atoms with Gasteiger partial charge in [-0.25, -0.2) is 0 Å². The van der Waals surface area contributed by atoms with Crippen molar-refractivity contribution in [1.82, 2.24) is 10.2 Å². The third-order valence-electron chi connectivity index (χ3n) is 4.89. The minimum Gasteiger partial charge on any atom is -0.314 e. The summed E-state index contributed by atoms with van der Waals surface area (Å²) in [6, 6.07) is 0.592. The van der Waals surface area contributed by atoms with Gasteiger partial charge in [-0.1, -0.05) is 13.3 Å². The highest BCUT2D eigenvalue weighted by Crippen LogP contribution is 2.27. The van der Waals surface area contributed by atoms with Crippen molar-refractivity contribution in [2.24, 2.45) is 11.8 Å². The lowest BCUT2D eigenvalue weighted by atomic mass is 9.84. The summed E-state index contributed by atoms with van der Waals surface area (Å²) in [5.41, 5.74) is 0. The number of nitrogens with one attached hydrogen (secondary N) is 1. The van der Waals surface area contributed by atoms with Gasteiger partial charge >= 0.3 is 6.18 Å². The van der Waals surface area contributed by atoms with Crippen molar-refractivity contribution in [2.45, 2.75) is 57.7 Å². The molecule has 2 nitrogen and oxygen atoms in total. The Morgan fingerprint density at radius 3 is 2.35 bits per heavy atom. The van der Waals surface area contributed by atoms with Crippen molar-refractivity contribution in [3.8, 4) is 0 Å². The minimum atomic E-state index is -4.05. The van der Waals surface area contributed by atoms with Crippen molar-refractivity contribution in [3.63, 3.8) is 0 Å². The molecule has 1 N–H and O–H groups in total. The maximum absolute atomic E-state index is 12.3. The first kappa shape index (κ1) is 16.1. The monoisotopic (exact) mass is 292 g/mol. The Balaban J connectivity index is 1.61. The molecular weight excluding hydrogens is 265 g/mol. The zero-order chi connectivity index (χ0) is 14.6. The molecule has 1 heterocycles. The van der Waals surface area contributed by atoms with Crippen molar-refractivity contribution in [1.29, 1.82) is 0 Å². The van der Waals surface area contributed by atoms with Gasteiger partial charge in [-0.05, 0) is 57.0 Å². The largest absolute Gasteiger partial charge is 0.401 e. The third kappa shape index (κ3) is 5.24. The van der Waals surface area contributed by atoms with Crippen LogP contribution in [0, 0.1) is 11.8 Å². The van der Waals surface area contributed by atoms with Crippen LogP contribution in [0.25, 0.3) is 0 Å². The topological polar surface area (TPSA) is 15.3 Å². The van der Waals surface area contributed by atoms with Crippen molar-refractivity contribution in [3.05, 3.63) is 0 Å². The average Bonchev–Trinajstić information content (AvgIpc) is 2.82. The second-order valence-corrected chi connectivity index (χ2v) is 6.54. The van der Waals surface area contributed by atoms with E-state index in [1.54, 1.807) is 4.90 Å². The van der Waals surface area contributed by atoms with Gasteiger partial charge < -0.3 is 5.32 Å². The molecule has 1 saturated carbocycles. The first-order valence-electron chi connectivity index (χ1n) is 7.98. The summed E-state index contributed by atoms with van der Waals surface area (Å²) >= 11 is 0. The van der Waals surface area contributed by atoms with Crippen LogP contribution in [0.15, 0.2) is 0 Å². The van der Waals surface area contributed by atoms with Crippen LogP contribution in [-0.2, 0) is 0 Å². The molecule has 1 unspecified atom stereocenters. The number of likely N-dealkylation sites (tertiary alicyclic amines) is 1. The molecule has 0 bridgehead atoms. The molecule has 1 saturated heterocycles. The van der Waals surface area contributed by atoms with E-state index in [1.165, 1.54) is 32.1 Å². The summed E-state index contributed by atoms with van der Waals surface area (Å²) in [6.07, 6.45) is 3.20. The average molecular weight is 292 g/mol. The van der Waals surface area contributed by atoms with Crippen LogP contribution in [0.2, 0.25) is 0 Å². The third-order valence-corrected chi connectivity index (χ3v) is 4.89.